The summed E-state index contributed by atoms with van der Waals surface area (Å²) in [7, 11) is 1.68. The highest BCUT2D eigenvalue weighted by Crippen LogP contribution is 2.34. The van der Waals surface area contributed by atoms with Crippen molar-refractivity contribution in [2.75, 3.05) is 51.5 Å². The fraction of sp³-hybridized carbons (Fsp3) is 0.429. The summed E-state index contributed by atoms with van der Waals surface area (Å²) in [5.41, 5.74) is 1.34. The molecule has 1 N–H and O–H groups in total. The quantitative estimate of drug-likeness (QED) is 0.553. The maximum absolute atomic E-state index is 12.9. The highest BCUT2D eigenvalue weighted by molar-refractivity contribution is 7.17. The lowest BCUT2D eigenvalue weighted by molar-refractivity contribution is 0.0953. The molecule has 30 heavy (non-hydrogen) atoms. The minimum Gasteiger partial charge on any atom is -0.385 e. The Labute approximate surface area is 179 Å². The van der Waals surface area contributed by atoms with Gasteiger partial charge in [-0.15, -0.1) is 11.3 Å². The molecule has 9 heteroatoms. The first-order valence-corrected chi connectivity index (χ1v) is 11.0. The Morgan fingerprint density at radius 2 is 2.13 bits per heavy atom. The minimum atomic E-state index is -0.0950. The van der Waals surface area contributed by atoms with Gasteiger partial charge in [0.25, 0.3) is 5.91 Å². The van der Waals surface area contributed by atoms with Crippen molar-refractivity contribution >= 4 is 33.3 Å². The third-order valence-electron chi connectivity index (χ3n) is 4.92. The number of nitrogens with one attached hydrogen (secondary N) is 1. The van der Waals surface area contributed by atoms with Crippen LogP contribution < -0.4 is 10.2 Å². The van der Waals surface area contributed by atoms with Crippen molar-refractivity contribution in [3.63, 3.8) is 0 Å². The zero-order chi connectivity index (χ0) is 20.8. The number of anilines is 1. The number of nitrogens with zero attached hydrogens (tertiary/aromatic N) is 4. The Morgan fingerprint density at radius 1 is 1.27 bits per heavy atom. The maximum Gasteiger partial charge on any atom is 0.252 e. The van der Waals surface area contributed by atoms with Crippen LogP contribution in [0.3, 0.4) is 0 Å². The molecule has 1 amide bonds. The van der Waals surface area contributed by atoms with Gasteiger partial charge in [0.1, 0.15) is 16.3 Å². The van der Waals surface area contributed by atoms with Crippen LogP contribution in [0.15, 0.2) is 29.8 Å². The Kier molecular flexibility index (Phi) is 6.83. The first-order valence-electron chi connectivity index (χ1n) is 10.1. The van der Waals surface area contributed by atoms with E-state index in [0.717, 1.165) is 42.0 Å². The second kappa shape index (κ2) is 9.92. The van der Waals surface area contributed by atoms with Gasteiger partial charge in [-0.2, -0.15) is 0 Å². The summed E-state index contributed by atoms with van der Waals surface area (Å²) in [6.07, 6.45) is 3.52. The summed E-state index contributed by atoms with van der Waals surface area (Å²) in [4.78, 5) is 29.8. The number of amides is 1. The van der Waals surface area contributed by atoms with Crippen LogP contribution in [-0.4, -0.2) is 67.4 Å². The van der Waals surface area contributed by atoms with Gasteiger partial charge < -0.3 is 19.7 Å². The van der Waals surface area contributed by atoms with E-state index in [1.807, 2.05) is 23.6 Å². The van der Waals surface area contributed by atoms with Gasteiger partial charge in [0.2, 0.25) is 0 Å². The van der Waals surface area contributed by atoms with Crippen molar-refractivity contribution in [3.8, 4) is 11.5 Å². The van der Waals surface area contributed by atoms with Crippen molar-refractivity contribution in [2.45, 2.75) is 12.8 Å². The first kappa shape index (κ1) is 20.6. The fourth-order valence-electron chi connectivity index (χ4n) is 3.37. The predicted octanol–water partition coefficient (Wildman–Crippen LogP) is 2.75. The molecule has 0 unspecified atom stereocenters. The highest BCUT2D eigenvalue weighted by atomic mass is 32.1. The summed E-state index contributed by atoms with van der Waals surface area (Å²) in [5.74, 6) is 1.25. The molecule has 1 fully saturated rings. The van der Waals surface area contributed by atoms with Crippen LogP contribution in [0.2, 0.25) is 0 Å². The number of pyridine rings is 1. The van der Waals surface area contributed by atoms with Crippen LogP contribution in [0.4, 0.5) is 5.82 Å². The van der Waals surface area contributed by atoms with E-state index in [1.54, 1.807) is 13.3 Å². The molecule has 4 heterocycles. The molecule has 0 saturated carbocycles. The zero-order valence-corrected chi connectivity index (χ0v) is 17.8. The largest absolute Gasteiger partial charge is 0.385 e. The number of rotatable bonds is 8. The molecule has 0 spiro atoms. The van der Waals surface area contributed by atoms with Gasteiger partial charge in [-0.3, -0.25) is 9.78 Å². The van der Waals surface area contributed by atoms with Crippen molar-refractivity contribution in [1.29, 1.82) is 0 Å². The minimum absolute atomic E-state index is 0.0950. The van der Waals surface area contributed by atoms with Crippen LogP contribution in [0, 0.1) is 0 Å². The van der Waals surface area contributed by atoms with Crippen LogP contribution in [0.1, 0.15) is 23.2 Å². The molecular formula is C21H25N5O3S. The molecule has 3 aromatic heterocycles. The maximum atomic E-state index is 12.9. The van der Waals surface area contributed by atoms with E-state index < -0.39 is 0 Å². The Bertz CT molecular complexity index is 989. The number of morpholine rings is 1. The summed E-state index contributed by atoms with van der Waals surface area (Å²) in [6, 6.07) is 5.68. The molecule has 0 bridgehead atoms. The second-order valence-corrected chi connectivity index (χ2v) is 7.83. The van der Waals surface area contributed by atoms with E-state index >= 15 is 0 Å². The molecule has 0 aliphatic carbocycles. The number of fused-ring (bicyclic) bond motifs is 1. The van der Waals surface area contributed by atoms with Crippen LogP contribution in [0.25, 0.3) is 21.7 Å². The van der Waals surface area contributed by atoms with Crippen LogP contribution in [0.5, 0.6) is 0 Å². The lowest BCUT2D eigenvalue weighted by Crippen LogP contribution is -2.37. The number of methoxy groups -OCH3 is 1. The molecule has 158 valence electrons. The predicted molar refractivity (Wildman–Crippen MR) is 117 cm³/mol. The van der Waals surface area contributed by atoms with Gasteiger partial charge in [0.15, 0.2) is 5.82 Å². The van der Waals surface area contributed by atoms with E-state index in [4.69, 9.17) is 19.4 Å². The molecule has 4 rings (SSSR count). The highest BCUT2D eigenvalue weighted by Gasteiger charge is 2.24. The summed E-state index contributed by atoms with van der Waals surface area (Å²) in [5, 5.41) is 5.69. The summed E-state index contributed by atoms with van der Waals surface area (Å²) < 4.78 is 10.6. The molecule has 1 saturated heterocycles. The van der Waals surface area contributed by atoms with Gasteiger partial charge >= 0.3 is 0 Å². The van der Waals surface area contributed by atoms with Crippen LogP contribution >= 0.6 is 11.3 Å². The number of aromatic nitrogens is 3. The number of hydrogen-bond acceptors (Lipinski definition) is 8. The SMILES string of the molecule is COCCCCNC(=O)c1csc2nc(-c3ccccn3)nc(N3CCOCC3)c12. The lowest BCUT2D eigenvalue weighted by Gasteiger charge is -2.28. The first-order chi connectivity index (χ1) is 14.8. The monoisotopic (exact) mass is 427 g/mol. The van der Waals surface area contributed by atoms with E-state index in [9.17, 15) is 4.79 Å². The average molecular weight is 428 g/mol. The number of hydrogen-bond donors (Lipinski definition) is 1. The second-order valence-electron chi connectivity index (χ2n) is 6.97. The molecular weight excluding hydrogens is 402 g/mol. The van der Waals surface area contributed by atoms with E-state index in [2.05, 4.69) is 15.2 Å². The smallest absolute Gasteiger partial charge is 0.252 e. The number of thiophene rings is 1. The van der Waals surface area contributed by atoms with Crippen molar-refractivity contribution in [3.05, 3.63) is 35.3 Å². The molecule has 0 atom stereocenters. The van der Waals surface area contributed by atoms with E-state index in [0.29, 0.717) is 43.4 Å². The van der Waals surface area contributed by atoms with Crippen molar-refractivity contribution < 1.29 is 14.3 Å². The number of carbonyl (C=O) groups excluding carboxylic acids is 1. The standard InChI is InChI=1S/C21H25N5O3S/c1-28-11-5-4-8-23-20(27)15-14-30-21-17(15)19(26-9-12-29-13-10-26)24-18(25-21)16-6-2-3-7-22-16/h2-3,6-7,14H,4-5,8-13H2,1H3,(H,23,27). The van der Waals surface area contributed by atoms with E-state index in [1.165, 1.54) is 11.3 Å². The van der Waals surface area contributed by atoms with Gasteiger partial charge in [-0.1, -0.05) is 6.07 Å². The molecule has 8 nitrogen and oxygen atoms in total. The van der Waals surface area contributed by atoms with Gasteiger partial charge in [0.05, 0.1) is 24.2 Å². The molecule has 0 radical (unpaired) electrons. The van der Waals surface area contributed by atoms with E-state index in [-0.39, 0.29) is 5.91 Å². The summed E-state index contributed by atoms with van der Waals surface area (Å²) >= 11 is 1.46. The normalized spacial score (nSPS) is 14.2. The van der Waals surface area contributed by atoms with Gasteiger partial charge in [-0.25, -0.2) is 9.97 Å². The number of carbonyl (C=O) groups is 1. The van der Waals surface area contributed by atoms with Crippen molar-refractivity contribution in [2.24, 2.45) is 0 Å². The summed E-state index contributed by atoms with van der Waals surface area (Å²) in [6.45, 7) is 4.02. The molecule has 1 aliphatic heterocycles. The van der Waals surface area contributed by atoms with Gasteiger partial charge in [0, 0.05) is 44.9 Å². The molecule has 0 aromatic carbocycles. The Morgan fingerprint density at radius 3 is 2.90 bits per heavy atom. The average Bonchev–Trinajstić information content (AvgIpc) is 3.23. The number of ether oxygens (including phenoxy) is 2. The zero-order valence-electron chi connectivity index (χ0n) is 17.0. The van der Waals surface area contributed by atoms with Crippen molar-refractivity contribution in [1.82, 2.24) is 20.3 Å². The van der Waals surface area contributed by atoms with Crippen LogP contribution in [-0.2, 0) is 9.47 Å². The molecule has 1 aliphatic rings. The lowest BCUT2D eigenvalue weighted by atomic mass is 10.2. The molecule has 3 aromatic rings. The fourth-order valence-corrected chi connectivity index (χ4v) is 4.29. The number of unbranched alkanes of at least 4 members (excludes halogenated alkanes) is 1. The Hall–Kier alpha value is -2.62. The van der Waals surface area contributed by atoms with Gasteiger partial charge in [-0.05, 0) is 25.0 Å². The topological polar surface area (TPSA) is 89.5 Å². The third kappa shape index (κ3) is 4.58. The third-order valence-corrected chi connectivity index (χ3v) is 5.80. The Balaban J connectivity index is 1.68.